The van der Waals surface area contributed by atoms with Crippen molar-refractivity contribution in [3.8, 4) is 0 Å². The number of thiophene rings is 1. The van der Waals surface area contributed by atoms with Crippen LogP contribution in [0.25, 0.3) is 0 Å². The minimum Gasteiger partial charge on any atom is -0.287 e. The molecule has 0 aromatic carbocycles. The summed E-state index contributed by atoms with van der Waals surface area (Å²) >= 11 is 5.21. The summed E-state index contributed by atoms with van der Waals surface area (Å²) in [5.41, 5.74) is 2.95. The van der Waals surface area contributed by atoms with Crippen LogP contribution in [0, 0.1) is 2.88 Å². The van der Waals surface area contributed by atoms with Crippen LogP contribution in [0.2, 0.25) is 0 Å². The van der Waals surface area contributed by atoms with Crippen molar-refractivity contribution in [2.75, 3.05) is 0 Å². The largest absolute Gasteiger partial charge is 0.287 e. The van der Waals surface area contributed by atoms with Crippen LogP contribution in [0.15, 0.2) is 22.3 Å². The quantitative estimate of drug-likeness (QED) is 0.629. The van der Waals surface area contributed by atoms with Gasteiger partial charge in [-0.3, -0.25) is 4.79 Å². The Balaban J connectivity index is 2.33. The van der Waals surface area contributed by atoms with Crippen LogP contribution in [0.5, 0.6) is 0 Å². The number of ketones is 1. The van der Waals surface area contributed by atoms with Crippen molar-refractivity contribution in [1.82, 2.24) is 4.98 Å². The fourth-order valence-corrected chi connectivity index (χ4v) is 2.76. The highest BCUT2D eigenvalue weighted by molar-refractivity contribution is 14.1. The average Bonchev–Trinajstić information content (AvgIpc) is 2.72. The SMILES string of the molecule is O=C(c1csc(I)c1)c1cscn1. The fourth-order valence-electron chi connectivity index (χ4n) is 0.902. The fraction of sp³-hybridized carbons (Fsp3) is 0. The predicted octanol–water partition coefficient (Wildman–Crippen LogP) is 3.04. The van der Waals surface area contributed by atoms with E-state index in [1.165, 1.54) is 11.3 Å². The second-order valence-electron chi connectivity index (χ2n) is 2.34. The smallest absolute Gasteiger partial charge is 0.213 e. The van der Waals surface area contributed by atoms with Gasteiger partial charge in [0.05, 0.1) is 8.39 Å². The molecular formula is C8H4INOS2. The molecule has 0 N–H and O–H groups in total. The van der Waals surface area contributed by atoms with Gasteiger partial charge in [0, 0.05) is 16.3 Å². The second kappa shape index (κ2) is 3.85. The molecule has 0 amide bonds. The summed E-state index contributed by atoms with van der Waals surface area (Å²) in [6, 6.07) is 1.88. The van der Waals surface area contributed by atoms with E-state index in [-0.39, 0.29) is 5.78 Å². The van der Waals surface area contributed by atoms with Crippen LogP contribution in [0.3, 0.4) is 0 Å². The third-order valence-corrected chi connectivity index (χ3v) is 3.87. The maximum Gasteiger partial charge on any atom is 0.213 e. The van der Waals surface area contributed by atoms with Crippen LogP contribution in [0.1, 0.15) is 16.1 Å². The summed E-state index contributed by atoms with van der Waals surface area (Å²) in [6.07, 6.45) is 0. The highest BCUT2D eigenvalue weighted by Crippen LogP contribution is 2.19. The first kappa shape index (κ1) is 9.29. The van der Waals surface area contributed by atoms with Gasteiger partial charge in [0.15, 0.2) is 0 Å². The van der Waals surface area contributed by atoms with Gasteiger partial charge in [-0.1, -0.05) is 0 Å². The van der Waals surface area contributed by atoms with Gasteiger partial charge in [-0.25, -0.2) is 4.98 Å². The van der Waals surface area contributed by atoms with Gasteiger partial charge < -0.3 is 0 Å². The van der Waals surface area contributed by atoms with Gasteiger partial charge in [0.1, 0.15) is 5.69 Å². The third-order valence-electron chi connectivity index (χ3n) is 1.49. The van der Waals surface area contributed by atoms with E-state index >= 15 is 0 Å². The number of thiazole rings is 1. The number of carbonyl (C=O) groups is 1. The number of hydrogen-bond acceptors (Lipinski definition) is 4. The Bertz CT molecular complexity index is 421. The number of nitrogens with zero attached hydrogens (tertiary/aromatic N) is 1. The van der Waals surface area contributed by atoms with Crippen molar-refractivity contribution in [1.29, 1.82) is 0 Å². The van der Waals surface area contributed by atoms with Crippen LogP contribution in [-0.4, -0.2) is 10.8 Å². The van der Waals surface area contributed by atoms with Crippen LogP contribution < -0.4 is 0 Å². The lowest BCUT2D eigenvalue weighted by molar-refractivity contribution is 0.103. The summed E-state index contributed by atoms with van der Waals surface area (Å²) in [5.74, 6) is 0.0143. The van der Waals surface area contributed by atoms with E-state index in [2.05, 4.69) is 27.6 Å². The maximum atomic E-state index is 11.7. The molecule has 2 nitrogen and oxygen atoms in total. The van der Waals surface area contributed by atoms with E-state index in [1.807, 2.05) is 11.4 Å². The Hall–Kier alpha value is -0.270. The molecule has 0 saturated carbocycles. The maximum absolute atomic E-state index is 11.7. The van der Waals surface area contributed by atoms with Crippen molar-refractivity contribution in [2.24, 2.45) is 0 Å². The van der Waals surface area contributed by atoms with Crippen molar-refractivity contribution in [3.05, 3.63) is 36.5 Å². The number of carbonyl (C=O) groups excluding carboxylic acids is 1. The number of rotatable bonds is 2. The van der Waals surface area contributed by atoms with Crippen molar-refractivity contribution >= 4 is 51.0 Å². The normalized spacial score (nSPS) is 10.2. The Morgan fingerprint density at radius 2 is 2.31 bits per heavy atom. The number of hydrogen-bond donors (Lipinski definition) is 0. The zero-order valence-electron chi connectivity index (χ0n) is 6.36. The zero-order valence-corrected chi connectivity index (χ0v) is 10.1. The van der Waals surface area contributed by atoms with Gasteiger partial charge in [0.2, 0.25) is 5.78 Å². The Morgan fingerprint density at radius 1 is 1.46 bits per heavy atom. The standard InChI is InChI=1S/C8H4INOS2/c9-7-1-5(2-13-7)8(11)6-3-12-4-10-6/h1-4H. The number of aromatic nitrogens is 1. The lowest BCUT2D eigenvalue weighted by Crippen LogP contribution is -1.98. The summed E-state index contributed by atoms with van der Waals surface area (Å²) in [5, 5.41) is 3.64. The van der Waals surface area contributed by atoms with Crippen LogP contribution >= 0.6 is 45.3 Å². The molecule has 0 fully saturated rings. The van der Waals surface area contributed by atoms with Crippen LogP contribution in [0.4, 0.5) is 0 Å². The highest BCUT2D eigenvalue weighted by Gasteiger charge is 2.11. The van der Waals surface area contributed by atoms with Crippen molar-refractivity contribution in [2.45, 2.75) is 0 Å². The van der Waals surface area contributed by atoms with Crippen molar-refractivity contribution in [3.63, 3.8) is 0 Å². The molecule has 0 atom stereocenters. The Labute approximate surface area is 96.8 Å². The van der Waals surface area contributed by atoms with E-state index in [0.717, 1.165) is 8.45 Å². The van der Waals surface area contributed by atoms with E-state index in [1.54, 1.807) is 22.2 Å². The first-order valence-electron chi connectivity index (χ1n) is 3.44. The molecule has 2 rings (SSSR count). The van der Waals surface area contributed by atoms with E-state index in [4.69, 9.17) is 0 Å². The topological polar surface area (TPSA) is 30.0 Å². The molecular weight excluding hydrogens is 317 g/mol. The average molecular weight is 321 g/mol. The molecule has 13 heavy (non-hydrogen) atoms. The van der Waals surface area contributed by atoms with Gasteiger partial charge in [-0.15, -0.1) is 22.7 Å². The molecule has 2 aromatic heterocycles. The minimum absolute atomic E-state index is 0.0143. The second-order valence-corrected chi connectivity index (χ2v) is 5.87. The molecule has 0 saturated heterocycles. The predicted molar refractivity (Wildman–Crippen MR) is 62.6 cm³/mol. The molecule has 66 valence electrons. The molecule has 0 aliphatic carbocycles. The molecule has 0 bridgehead atoms. The van der Waals surface area contributed by atoms with E-state index in [0.29, 0.717) is 5.69 Å². The summed E-state index contributed by atoms with van der Waals surface area (Å²) < 4.78 is 1.12. The lowest BCUT2D eigenvalue weighted by Gasteiger charge is -1.89. The summed E-state index contributed by atoms with van der Waals surface area (Å²) in [4.78, 5) is 15.6. The molecule has 5 heteroatoms. The summed E-state index contributed by atoms with van der Waals surface area (Å²) in [7, 11) is 0. The minimum atomic E-state index is 0.0143. The first-order valence-corrected chi connectivity index (χ1v) is 6.34. The molecule has 0 radical (unpaired) electrons. The van der Waals surface area contributed by atoms with Crippen molar-refractivity contribution < 1.29 is 4.79 Å². The Morgan fingerprint density at radius 3 is 2.85 bits per heavy atom. The number of halogens is 1. The van der Waals surface area contributed by atoms with E-state index < -0.39 is 0 Å². The molecule has 0 aliphatic heterocycles. The monoisotopic (exact) mass is 321 g/mol. The molecule has 2 heterocycles. The van der Waals surface area contributed by atoms with Gasteiger partial charge in [-0.05, 0) is 28.7 Å². The molecule has 2 aromatic rings. The van der Waals surface area contributed by atoms with Crippen LogP contribution in [-0.2, 0) is 0 Å². The molecule has 0 spiro atoms. The highest BCUT2D eigenvalue weighted by atomic mass is 127. The first-order chi connectivity index (χ1) is 6.27. The summed E-state index contributed by atoms with van der Waals surface area (Å²) in [6.45, 7) is 0. The zero-order chi connectivity index (χ0) is 9.26. The van der Waals surface area contributed by atoms with Gasteiger partial charge in [0.25, 0.3) is 0 Å². The lowest BCUT2D eigenvalue weighted by atomic mass is 10.2. The third kappa shape index (κ3) is 1.97. The molecule has 0 unspecified atom stereocenters. The van der Waals surface area contributed by atoms with Gasteiger partial charge >= 0.3 is 0 Å². The van der Waals surface area contributed by atoms with Gasteiger partial charge in [-0.2, -0.15) is 0 Å². The Kier molecular flexibility index (Phi) is 2.75. The molecule has 0 aliphatic rings. The van der Waals surface area contributed by atoms with E-state index in [9.17, 15) is 4.79 Å².